The van der Waals surface area contributed by atoms with E-state index in [0.717, 1.165) is 42.2 Å². The van der Waals surface area contributed by atoms with Crippen LogP contribution < -0.4 is 15.3 Å². The highest BCUT2D eigenvalue weighted by Crippen LogP contribution is 2.34. The molecule has 1 aliphatic rings. The summed E-state index contributed by atoms with van der Waals surface area (Å²) in [4.78, 5) is 39.4. The fourth-order valence-electron chi connectivity index (χ4n) is 4.30. The molecule has 7 nitrogen and oxygen atoms in total. The lowest BCUT2D eigenvalue weighted by Crippen LogP contribution is -2.36. The number of carbonyl (C=O) groups excluding carboxylic acids is 2. The largest absolute Gasteiger partial charge is 0.489 e. The molecule has 1 aromatic heterocycles. The van der Waals surface area contributed by atoms with Crippen LogP contribution >= 0.6 is 0 Å². The molecule has 0 radical (unpaired) electrons. The standard InChI is InChI=1S/C27H27NO6/c1-3-8-19-17-24(30)34-26-20(19)12-13-22(32-15-16-33-23(29)4-2)25(26)27(31)28-14-7-10-18-9-5-6-11-21(18)28/h4-6,9,11-13,17H,2-3,7-8,10,14-16H2,1H3. The summed E-state index contributed by atoms with van der Waals surface area (Å²) in [5.41, 5.74) is 2.65. The zero-order valence-electron chi connectivity index (χ0n) is 19.2. The second kappa shape index (κ2) is 10.4. The number of hydrogen-bond donors (Lipinski definition) is 0. The molecule has 176 valence electrons. The number of nitrogens with zero attached hydrogens (tertiary/aromatic N) is 1. The minimum absolute atomic E-state index is 0.0110. The normalized spacial score (nSPS) is 12.8. The molecule has 1 amide bonds. The van der Waals surface area contributed by atoms with E-state index in [1.54, 1.807) is 17.0 Å². The number of ether oxygens (including phenoxy) is 2. The molecule has 2 aromatic carbocycles. The maximum atomic E-state index is 14.0. The maximum absolute atomic E-state index is 14.0. The highest BCUT2D eigenvalue weighted by atomic mass is 16.6. The molecular formula is C27H27NO6. The molecule has 7 heteroatoms. The molecule has 0 unspecified atom stereocenters. The number of amides is 1. The summed E-state index contributed by atoms with van der Waals surface area (Å²) in [7, 11) is 0. The van der Waals surface area contributed by atoms with Crippen molar-refractivity contribution in [3.63, 3.8) is 0 Å². The molecule has 0 fully saturated rings. The minimum Gasteiger partial charge on any atom is -0.489 e. The van der Waals surface area contributed by atoms with Crippen molar-refractivity contribution in [2.75, 3.05) is 24.7 Å². The highest BCUT2D eigenvalue weighted by molar-refractivity contribution is 6.15. The average Bonchev–Trinajstić information content (AvgIpc) is 2.85. The van der Waals surface area contributed by atoms with Crippen LogP contribution in [0.25, 0.3) is 11.0 Å². The minimum atomic E-state index is -0.557. The van der Waals surface area contributed by atoms with E-state index in [0.29, 0.717) is 18.4 Å². The Balaban J connectivity index is 1.80. The van der Waals surface area contributed by atoms with Gasteiger partial charge in [0.2, 0.25) is 0 Å². The van der Waals surface area contributed by atoms with E-state index in [2.05, 4.69) is 6.58 Å². The van der Waals surface area contributed by atoms with E-state index in [9.17, 15) is 14.4 Å². The molecule has 0 spiro atoms. The number of anilines is 1. The summed E-state index contributed by atoms with van der Waals surface area (Å²) in [5, 5.41) is 0.709. The van der Waals surface area contributed by atoms with E-state index in [1.165, 1.54) is 6.07 Å². The fourth-order valence-corrected chi connectivity index (χ4v) is 4.30. The monoisotopic (exact) mass is 461 g/mol. The summed E-state index contributed by atoms with van der Waals surface area (Å²) in [5.74, 6) is -0.585. The molecule has 0 atom stereocenters. The second-order valence-electron chi connectivity index (χ2n) is 8.07. The Hall–Kier alpha value is -3.87. The summed E-state index contributed by atoms with van der Waals surface area (Å²) < 4.78 is 16.4. The first kappa shape index (κ1) is 23.3. The van der Waals surface area contributed by atoms with E-state index in [-0.39, 0.29) is 36.0 Å². The van der Waals surface area contributed by atoms with Gasteiger partial charge in [0.15, 0.2) is 5.58 Å². The molecule has 4 rings (SSSR count). The Labute approximate surface area is 197 Å². The number of esters is 1. The van der Waals surface area contributed by atoms with Crippen molar-refractivity contribution in [1.82, 2.24) is 0 Å². The summed E-state index contributed by atoms with van der Waals surface area (Å²) in [6, 6.07) is 12.8. The van der Waals surface area contributed by atoms with Gasteiger partial charge in [-0.25, -0.2) is 9.59 Å². The molecule has 3 aromatic rings. The SMILES string of the molecule is C=CC(=O)OCCOc1ccc2c(CCC)cc(=O)oc2c1C(=O)N1CCCc2ccccc21. The smallest absolute Gasteiger partial charge is 0.336 e. The van der Waals surface area contributed by atoms with Crippen molar-refractivity contribution in [3.05, 3.63) is 82.2 Å². The molecule has 0 saturated carbocycles. The molecule has 0 bridgehead atoms. The number of aryl methyl sites for hydroxylation is 2. The first-order valence-corrected chi connectivity index (χ1v) is 11.4. The highest BCUT2D eigenvalue weighted by Gasteiger charge is 2.29. The van der Waals surface area contributed by atoms with Gasteiger partial charge in [-0.1, -0.05) is 38.1 Å². The van der Waals surface area contributed by atoms with E-state index in [4.69, 9.17) is 13.9 Å². The van der Waals surface area contributed by atoms with Gasteiger partial charge in [-0.15, -0.1) is 0 Å². The van der Waals surface area contributed by atoms with Gasteiger partial charge in [-0.2, -0.15) is 0 Å². The predicted octanol–water partition coefficient (Wildman–Crippen LogP) is 4.45. The topological polar surface area (TPSA) is 86.0 Å². The molecule has 0 aliphatic carbocycles. The first-order chi connectivity index (χ1) is 16.5. The Kier molecular flexibility index (Phi) is 7.11. The van der Waals surface area contributed by atoms with Crippen molar-refractivity contribution in [1.29, 1.82) is 0 Å². The number of carbonyl (C=O) groups is 2. The van der Waals surface area contributed by atoms with Crippen LogP contribution in [-0.4, -0.2) is 31.6 Å². The Bertz CT molecular complexity index is 1290. The van der Waals surface area contributed by atoms with Gasteiger partial charge in [0.25, 0.3) is 5.91 Å². The fraction of sp³-hybridized carbons (Fsp3) is 0.296. The van der Waals surface area contributed by atoms with Gasteiger partial charge in [-0.3, -0.25) is 4.79 Å². The maximum Gasteiger partial charge on any atom is 0.336 e. The van der Waals surface area contributed by atoms with Crippen molar-refractivity contribution < 1.29 is 23.5 Å². The molecule has 0 saturated heterocycles. The van der Waals surface area contributed by atoms with E-state index < -0.39 is 11.6 Å². The second-order valence-corrected chi connectivity index (χ2v) is 8.07. The molecule has 1 aliphatic heterocycles. The van der Waals surface area contributed by atoms with Crippen LogP contribution in [0.5, 0.6) is 5.75 Å². The third-order valence-corrected chi connectivity index (χ3v) is 5.80. The Morgan fingerprint density at radius 3 is 2.79 bits per heavy atom. The lowest BCUT2D eigenvalue weighted by Gasteiger charge is -2.30. The van der Waals surface area contributed by atoms with Gasteiger partial charge in [0, 0.05) is 29.8 Å². The van der Waals surface area contributed by atoms with E-state index in [1.807, 2.05) is 31.2 Å². The summed E-state index contributed by atoms with van der Waals surface area (Å²) in [6.45, 7) is 5.95. The molecule has 34 heavy (non-hydrogen) atoms. The van der Waals surface area contributed by atoms with Crippen molar-refractivity contribution in [2.24, 2.45) is 0 Å². The number of benzene rings is 2. The Morgan fingerprint density at radius 1 is 1.18 bits per heavy atom. The van der Waals surface area contributed by atoms with Crippen molar-refractivity contribution >= 4 is 28.5 Å². The van der Waals surface area contributed by atoms with Crippen LogP contribution in [0.3, 0.4) is 0 Å². The average molecular weight is 462 g/mol. The number of fused-ring (bicyclic) bond motifs is 2. The third-order valence-electron chi connectivity index (χ3n) is 5.80. The van der Waals surface area contributed by atoms with Crippen LogP contribution in [0, 0.1) is 0 Å². The number of rotatable bonds is 8. The van der Waals surface area contributed by atoms with Gasteiger partial charge < -0.3 is 18.8 Å². The third kappa shape index (κ3) is 4.73. The van der Waals surface area contributed by atoms with Gasteiger partial charge in [0.1, 0.15) is 24.5 Å². The molecule has 0 N–H and O–H groups in total. The molecular weight excluding hydrogens is 434 g/mol. The number of para-hydroxylation sites is 1. The predicted molar refractivity (Wildman–Crippen MR) is 130 cm³/mol. The van der Waals surface area contributed by atoms with Crippen molar-refractivity contribution in [3.8, 4) is 5.75 Å². The van der Waals surface area contributed by atoms with E-state index >= 15 is 0 Å². The van der Waals surface area contributed by atoms with Crippen LogP contribution in [0.4, 0.5) is 5.69 Å². The zero-order chi connectivity index (χ0) is 24.1. The molecule has 2 heterocycles. The van der Waals surface area contributed by atoms with Crippen molar-refractivity contribution in [2.45, 2.75) is 32.6 Å². The first-order valence-electron chi connectivity index (χ1n) is 11.4. The van der Waals surface area contributed by atoms with Crippen LogP contribution in [0.15, 0.2) is 64.3 Å². The van der Waals surface area contributed by atoms with Crippen LogP contribution in [-0.2, 0) is 22.4 Å². The van der Waals surface area contributed by atoms with Gasteiger partial charge in [-0.05, 0) is 48.6 Å². The lowest BCUT2D eigenvalue weighted by molar-refractivity contribution is -0.138. The zero-order valence-corrected chi connectivity index (χ0v) is 19.2. The summed E-state index contributed by atoms with van der Waals surface area (Å²) in [6.07, 6.45) is 4.31. The number of hydrogen-bond acceptors (Lipinski definition) is 6. The van der Waals surface area contributed by atoms with Crippen LogP contribution in [0.2, 0.25) is 0 Å². The Morgan fingerprint density at radius 2 is 2.00 bits per heavy atom. The van der Waals surface area contributed by atoms with Crippen LogP contribution in [0.1, 0.15) is 41.3 Å². The van der Waals surface area contributed by atoms with Gasteiger partial charge in [0.05, 0.1) is 0 Å². The summed E-state index contributed by atoms with van der Waals surface area (Å²) >= 11 is 0. The lowest BCUT2D eigenvalue weighted by atomic mass is 9.98. The quantitative estimate of drug-likeness (QED) is 0.213. The van der Waals surface area contributed by atoms with Gasteiger partial charge >= 0.3 is 11.6 Å².